The number of anilines is 1. The van der Waals surface area contributed by atoms with Crippen LogP contribution < -0.4 is 4.90 Å². The van der Waals surface area contributed by atoms with Gasteiger partial charge in [0.2, 0.25) is 0 Å². The van der Waals surface area contributed by atoms with E-state index in [1.807, 2.05) is 30.3 Å². The van der Waals surface area contributed by atoms with Crippen molar-refractivity contribution in [1.82, 2.24) is 5.16 Å². The predicted octanol–water partition coefficient (Wildman–Crippen LogP) is 4.65. The molecule has 1 amide bonds. The lowest BCUT2D eigenvalue weighted by molar-refractivity contribution is -0.114. The first kappa shape index (κ1) is 16.3. The van der Waals surface area contributed by atoms with E-state index in [0.717, 1.165) is 46.7 Å². The van der Waals surface area contributed by atoms with Gasteiger partial charge in [-0.3, -0.25) is 4.79 Å². The van der Waals surface area contributed by atoms with Gasteiger partial charge in [0.15, 0.2) is 5.76 Å². The molecule has 0 radical (unpaired) electrons. The minimum absolute atomic E-state index is 0.0913. The number of likely N-dealkylation sites (N-methyl/N-ethyl adjacent to an activating group) is 1. The highest BCUT2D eigenvalue weighted by Crippen LogP contribution is 2.38. The number of hydrogen-bond acceptors (Lipinski definition) is 3. The van der Waals surface area contributed by atoms with Crippen molar-refractivity contribution < 1.29 is 9.32 Å². The summed E-state index contributed by atoms with van der Waals surface area (Å²) in [4.78, 5) is 13.7. The normalized spacial score (nSPS) is 12.2. The van der Waals surface area contributed by atoms with Gasteiger partial charge in [-0.25, -0.2) is 0 Å². The Balaban J connectivity index is 1.67. The quantitative estimate of drug-likeness (QED) is 0.650. The van der Waals surface area contributed by atoms with E-state index in [9.17, 15) is 4.79 Å². The summed E-state index contributed by atoms with van der Waals surface area (Å²) in [7, 11) is 1.75. The molecule has 1 aromatic heterocycles. The third kappa shape index (κ3) is 2.64. The van der Waals surface area contributed by atoms with Gasteiger partial charge < -0.3 is 9.42 Å². The second-order valence-electron chi connectivity index (χ2n) is 6.69. The number of carbonyl (C=O) groups excluding carboxylic acids is 1. The van der Waals surface area contributed by atoms with Crippen LogP contribution in [0.2, 0.25) is 0 Å². The fourth-order valence-electron chi connectivity index (χ4n) is 3.45. The van der Waals surface area contributed by atoms with Crippen LogP contribution in [-0.2, 0) is 17.6 Å². The molecule has 0 aliphatic heterocycles. The molecule has 1 aliphatic rings. The Kier molecular flexibility index (Phi) is 3.96. The second kappa shape index (κ2) is 6.30. The standard InChI is InChI=1S/C22H20N2O2/c1-14(2)22(25)24(3)17-11-8-16(9-12-17)21-19-13-10-15-6-4-5-7-18(15)20(19)23-26-21/h4-9,11-12H,1,10,13H2,2-3H3. The number of carbonyl (C=O) groups is 1. The van der Waals surface area contributed by atoms with Crippen LogP contribution in [0.1, 0.15) is 18.1 Å². The minimum Gasteiger partial charge on any atom is -0.355 e. The fourth-order valence-corrected chi connectivity index (χ4v) is 3.45. The molecule has 2 aromatic carbocycles. The van der Waals surface area contributed by atoms with Gasteiger partial charge in [-0.2, -0.15) is 0 Å². The maximum absolute atomic E-state index is 12.1. The highest BCUT2D eigenvalue weighted by molar-refractivity contribution is 6.04. The second-order valence-corrected chi connectivity index (χ2v) is 6.69. The maximum Gasteiger partial charge on any atom is 0.253 e. The molecule has 130 valence electrons. The Hall–Kier alpha value is -3.14. The Morgan fingerprint density at radius 1 is 1.12 bits per heavy atom. The van der Waals surface area contributed by atoms with Crippen LogP contribution in [0.5, 0.6) is 0 Å². The van der Waals surface area contributed by atoms with E-state index in [4.69, 9.17) is 4.52 Å². The van der Waals surface area contributed by atoms with E-state index >= 15 is 0 Å². The molecule has 1 aliphatic carbocycles. The van der Waals surface area contributed by atoms with Crippen LogP contribution in [0.3, 0.4) is 0 Å². The zero-order chi connectivity index (χ0) is 18.3. The molecule has 0 fully saturated rings. The SMILES string of the molecule is C=C(C)C(=O)N(C)c1ccc(-c2onc3c2CCc2ccccc2-3)cc1. The Labute approximate surface area is 152 Å². The van der Waals surface area contributed by atoms with Crippen LogP contribution in [0.15, 0.2) is 65.2 Å². The van der Waals surface area contributed by atoms with Crippen molar-refractivity contribution in [2.75, 3.05) is 11.9 Å². The molecule has 1 heterocycles. The molecule has 0 N–H and O–H groups in total. The summed E-state index contributed by atoms with van der Waals surface area (Å²) in [6.45, 7) is 5.43. The van der Waals surface area contributed by atoms with Gasteiger partial charge in [0.25, 0.3) is 5.91 Å². The summed E-state index contributed by atoms with van der Waals surface area (Å²) in [6, 6.07) is 16.1. The van der Waals surface area contributed by atoms with Gasteiger partial charge in [-0.15, -0.1) is 0 Å². The van der Waals surface area contributed by atoms with Crippen molar-refractivity contribution in [3.63, 3.8) is 0 Å². The third-order valence-corrected chi connectivity index (χ3v) is 4.89. The van der Waals surface area contributed by atoms with Gasteiger partial charge in [0, 0.05) is 35.0 Å². The number of aromatic nitrogens is 1. The largest absolute Gasteiger partial charge is 0.355 e. The van der Waals surface area contributed by atoms with Crippen LogP contribution in [0.25, 0.3) is 22.6 Å². The lowest BCUT2D eigenvalue weighted by atomic mass is 9.88. The zero-order valence-corrected chi connectivity index (χ0v) is 15.0. The number of aryl methyl sites for hydroxylation is 1. The van der Waals surface area contributed by atoms with Crippen molar-refractivity contribution in [3.8, 4) is 22.6 Å². The van der Waals surface area contributed by atoms with E-state index in [1.54, 1.807) is 18.9 Å². The van der Waals surface area contributed by atoms with Crippen molar-refractivity contribution >= 4 is 11.6 Å². The topological polar surface area (TPSA) is 46.3 Å². The monoisotopic (exact) mass is 344 g/mol. The molecular formula is C22H20N2O2. The number of fused-ring (bicyclic) bond motifs is 3. The van der Waals surface area contributed by atoms with E-state index < -0.39 is 0 Å². The molecule has 4 nitrogen and oxygen atoms in total. The van der Waals surface area contributed by atoms with Crippen LogP contribution >= 0.6 is 0 Å². The highest BCUT2D eigenvalue weighted by Gasteiger charge is 2.24. The van der Waals surface area contributed by atoms with Crippen molar-refractivity contribution in [1.29, 1.82) is 0 Å². The first-order valence-corrected chi connectivity index (χ1v) is 8.67. The van der Waals surface area contributed by atoms with E-state index in [2.05, 4.69) is 29.9 Å². The number of benzene rings is 2. The molecule has 4 heteroatoms. The molecule has 0 unspecified atom stereocenters. The summed E-state index contributed by atoms with van der Waals surface area (Å²) >= 11 is 0. The van der Waals surface area contributed by atoms with Crippen molar-refractivity contribution in [2.45, 2.75) is 19.8 Å². The smallest absolute Gasteiger partial charge is 0.253 e. The first-order chi connectivity index (χ1) is 12.6. The summed E-state index contributed by atoms with van der Waals surface area (Å²) in [5.41, 5.74) is 6.88. The van der Waals surface area contributed by atoms with Crippen molar-refractivity contribution in [2.24, 2.45) is 0 Å². The third-order valence-electron chi connectivity index (χ3n) is 4.89. The minimum atomic E-state index is -0.0913. The highest BCUT2D eigenvalue weighted by atomic mass is 16.5. The molecule has 0 bridgehead atoms. The summed E-state index contributed by atoms with van der Waals surface area (Å²) in [5.74, 6) is 0.723. The Morgan fingerprint density at radius 2 is 1.85 bits per heavy atom. The average Bonchev–Trinajstić information content (AvgIpc) is 3.11. The molecule has 0 saturated carbocycles. The van der Waals surface area contributed by atoms with Gasteiger partial charge >= 0.3 is 0 Å². The summed E-state index contributed by atoms with van der Waals surface area (Å²) < 4.78 is 5.70. The number of amides is 1. The maximum atomic E-state index is 12.1. The van der Waals surface area contributed by atoms with E-state index in [1.165, 1.54) is 5.56 Å². The molecule has 0 spiro atoms. The van der Waals surface area contributed by atoms with E-state index in [-0.39, 0.29) is 5.91 Å². The Bertz CT molecular complexity index is 999. The van der Waals surface area contributed by atoms with E-state index in [0.29, 0.717) is 5.57 Å². The van der Waals surface area contributed by atoms with Crippen LogP contribution in [-0.4, -0.2) is 18.1 Å². The molecule has 0 saturated heterocycles. The Morgan fingerprint density at radius 3 is 2.58 bits per heavy atom. The molecule has 4 rings (SSSR count). The van der Waals surface area contributed by atoms with Gasteiger partial charge in [0.05, 0.1) is 0 Å². The summed E-state index contributed by atoms with van der Waals surface area (Å²) in [5, 5.41) is 4.33. The number of hydrogen-bond donors (Lipinski definition) is 0. The first-order valence-electron chi connectivity index (χ1n) is 8.67. The predicted molar refractivity (Wildman–Crippen MR) is 103 cm³/mol. The fraction of sp³-hybridized carbons (Fsp3) is 0.182. The molecule has 3 aromatic rings. The van der Waals surface area contributed by atoms with Gasteiger partial charge in [-0.1, -0.05) is 36.0 Å². The van der Waals surface area contributed by atoms with Crippen LogP contribution in [0, 0.1) is 0 Å². The average molecular weight is 344 g/mol. The molecule has 0 atom stereocenters. The van der Waals surface area contributed by atoms with Gasteiger partial charge in [-0.05, 0) is 49.6 Å². The van der Waals surface area contributed by atoms with Crippen molar-refractivity contribution in [3.05, 3.63) is 71.8 Å². The summed E-state index contributed by atoms with van der Waals surface area (Å²) in [6.07, 6.45) is 1.91. The van der Waals surface area contributed by atoms with Gasteiger partial charge in [0.1, 0.15) is 5.69 Å². The molecular weight excluding hydrogens is 324 g/mol. The number of rotatable bonds is 3. The van der Waals surface area contributed by atoms with Crippen LogP contribution in [0.4, 0.5) is 5.69 Å². The lowest BCUT2D eigenvalue weighted by Gasteiger charge is -2.17. The molecule has 26 heavy (non-hydrogen) atoms. The zero-order valence-electron chi connectivity index (χ0n) is 15.0. The lowest BCUT2D eigenvalue weighted by Crippen LogP contribution is -2.26. The number of nitrogens with zero attached hydrogens (tertiary/aromatic N) is 2.